The van der Waals surface area contributed by atoms with Crippen LogP contribution in [0.1, 0.15) is 33.1 Å². The molecule has 4 nitrogen and oxygen atoms in total. The number of Topliss-reactive ketones (excluding diaryl/α,β-unsaturated/α-hetero) is 2. The summed E-state index contributed by atoms with van der Waals surface area (Å²) in [5, 5.41) is 6.82. The zero-order chi connectivity index (χ0) is 22.2. The van der Waals surface area contributed by atoms with E-state index in [9.17, 15) is 14.4 Å². The SMILES string of the molecule is CC(=O)c1ccc2c(ccc3ccccc32)p1.O=C1C=Cc2c([nH]c3ccccc23)C1=O. The second-order valence-electron chi connectivity index (χ2n) is 7.59. The van der Waals surface area contributed by atoms with Crippen molar-refractivity contribution in [2.45, 2.75) is 6.92 Å². The van der Waals surface area contributed by atoms with Crippen LogP contribution in [0.25, 0.3) is 38.3 Å². The molecule has 0 radical (unpaired) electrons. The number of fused-ring (bicyclic) bond motifs is 6. The molecule has 0 bridgehead atoms. The number of para-hydroxylation sites is 1. The molecule has 0 spiro atoms. The number of benzene rings is 3. The van der Waals surface area contributed by atoms with Gasteiger partial charge in [0.15, 0.2) is 5.78 Å². The van der Waals surface area contributed by atoms with Crippen molar-refractivity contribution in [1.82, 2.24) is 4.98 Å². The van der Waals surface area contributed by atoms with Crippen molar-refractivity contribution in [3.05, 3.63) is 95.4 Å². The van der Waals surface area contributed by atoms with Gasteiger partial charge in [-0.1, -0.05) is 62.8 Å². The average Bonchev–Trinajstić information content (AvgIpc) is 3.21. The molecular formula is C27H18NO3P. The summed E-state index contributed by atoms with van der Waals surface area (Å²) >= 11 is 0. The van der Waals surface area contributed by atoms with E-state index in [1.54, 1.807) is 13.0 Å². The summed E-state index contributed by atoms with van der Waals surface area (Å²) in [5.41, 5.74) is 2.11. The van der Waals surface area contributed by atoms with Gasteiger partial charge in [-0.15, -0.1) is 0 Å². The maximum atomic E-state index is 11.6. The fourth-order valence-corrected chi connectivity index (χ4v) is 4.99. The van der Waals surface area contributed by atoms with Gasteiger partial charge in [-0.25, -0.2) is 0 Å². The first-order valence-corrected chi connectivity index (χ1v) is 11.1. The van der Waals surface area contributed by atoms with Gasteiger partial charge in [0, 0.05) is 26.9 Å². The van der Waals surface area contributed by atoms with Crippen LogP contribution in [0.4, 0.5) is 0 Å². The Bertz CT molecular complexity index is 1590. The van der Waals surface area contributed by atoms with Gasteiger partial charge >= 0.3 is 0 Å². The smallest absolute Gasteiger partial charge is 0.249 e. The van der Waals surface area contributed by atoms with E-state index in [2.05, 4.69) is 41.4 Å². The minimum atomic E-state index is -0.464. The van der Waals surface area contributed by atoms with Crippen molar-refractivity contribution in [2.24, 2.45) is 0 Å². The van der Waals surface area contributed by atoms with Crippen LogP contribution in [0, 0.1) is 0 Å². The number of ketones is 3. The van der Waals surface area contributed by atoms with Crippen LogP contribution in [-0.2, 0) is 4.79 Å². The average molecular weight is 435 g/mol. The topological polar surface area (TPSA) is 67.0 Å². The largest absolute Gasteiger partial charge is 0.351 e. The molecule has 0 unspecified atom stereocenters. The van der Waals surface area contributed by atoms with E-state index in [0.29, 0.717) is 5.69 Å². The van der Waals surface area contributed by atoms with Crippen molar-refractivity contribution in [2.75, 3.05) is 0 Å². The molecule has 0 atom stereocenters. The molecule has 154 valence electrons. The van der Waals surface area contributed by atoms with Gasteiger partial charge in [-0.2, -0.15) is 0 Å². The molecule has 5 aromatic rings. The number of allylic oxidation sites excluding steroid dienone is 1. The third-order valence-corrected chi connectivity index (χ3v) is 6.89. The molecule has 32 heavy (non-hydrogen) atoms. The molecule has 0 amide bonds. The molecule has 6 rings (SSSR count). The molecule has 0 aliphatic heterocycles. The fraction of sp³-hybridized carbons (Fsp3) is 0.0370. The highest BCUT2D eigenvalue weighted by Crippen LogP contribution is 2.32. The molecule has 5 heteroatoms. The second-order valence-corrected chi connectivity index (χ2v) is 8.78. The number of carbonyl (C=O) groups excluding carboxylic acids is 3. The summed E-state index contributed by atoms with van der Waals surface area (Å²) in [6.45, 7) is 1.62. The minimum Gasteiger partial charge on any atom is -0.351 e. The zero-order valence-electron chi connectivity index (χ0n) is 17.3. The highest BCUT2D eigenvalue weighted by atomic mass is 31.0. The van der Waals surface area contributed by atoms with Crippen LogP contribution in [0.3, 0.4) is 0 Å². The summed E-state index contributed by atoms with van der Waals surface area (Å²) in [4.78, 5) is 37.1. The molecule has 3 aromatic carbocycles. The Hall–Kier alpha value is -3.88. The maximum absolute atomic E-state index is 11.6. The van der Waals surface area contributed by atoms with E-state index in [4.69, 9.17) is 0 Å². The van der Waals surface area contributed by atoms with Crippen molar-refractivity contribution in [1.29, 1.82) is 0 Å². The lowest BCUT2D eigenvalue weighted by atomic mass is 10.0. The van der Waals surface area contributed by atoms with E-state index < -0.39 is 11.6 Å². The molecule has 1 N–H and O–H groups in total. The highest BCUT2D eigenvalue weighted by molar-refractivity contribution is 7.39. The maximum Gasteiger partial charge on any atom is 0.249 e. The minimum absolute atomic E-state index is 0.154. The van der Waals surface area contributed by atoms with E-state index in [1.165, 1.54) is 27.4 Å². The van der Waals surface area contributed by atoms with Crippen LogP contribution in [0.2, 0.25) is 0 Å². The fourth-order valence-electron chi connectivity index (χ4n) is 3.96. The number of hydrogen-bond acceptors (Lipinski definition) is 3. The Labute approximate surface area is 185 Å². The predicted octanol–water partition coefficient (Wildman–Crippen LogP) is 6.72. The predicted molar refractivity (Wildman–Crippen MR) is 131 cm³/mol. The lowest BCUT2D eigenvalue weighted by Crippen LogP contribution is -2.15. The number of aromatic amines is 1. The number of H-pyrrole nitrogens is 1. The molecule has 0 fully saturated rings. The van der Waals surface area contributed by atoms with Crippen LogP contribution >= 0.6 is 8.19 Å². The third kappa shape index (κ3) is 3.45. The van der Waals surface area contributed by atoms with Gasteiger partial charge in [0.25, 0.3) is 0 Å². The number of carbonyl (C=O) groups is 3. The van der Waals surface area contributed by atoms with Crippen molar-refractivity contribution >= 4 is 63.8 Å². The van der Waals surface area contributed by atoms with Gasteiger partial charge < -0.3 is 4.98 Å². The molecule has 2 heterocycles. The first kappa shape index (κ1) is 20.0. The van der Waals surface area contributed by atoms with Crippen LogP contribution < -0.4 is 0 Å². The molecule has 1 aliphatic rings. The van der Waals surface area contributed by atoms with E-state index >= 15 is 0 Å². The van der Waals surface area contributed by atoms with Crippen LogP contribution in [0.5, 0.6) is 0 Å². The highest BCUT2D eigenvalue weighted by Gasteiger charge is 2.24. The summed E-state index contributed by atoms with van der Waals surface area (Å²) in [5.74, 6) is -0.764. The first-order chi connectivity index (χ1) is 15.5. The number of rotatable bonds is 1. The Kier molecular flexibility index (Phi) is 5.01. The molecule has 1 aliphatic carbocycles. The second kappa shape index (κ2) is 7.99. The van der Waals surface area contributed by atoms with Gasteiger partial charge in [0.05, 0.1) is 5.69 Å². The van der Waals surface area contributed by atoms with Gasteiger partial charge in [0.2, 0.25) is 11.6 Å². The first-order valence-electron chi connectivity index (χ1n) is 10.2. The molecule has 0 saturated carbocycles. The summed E-state index contributed by atoms with van der Waals surface area (Å²) in [6.07, 6.45) is 3.02. The van der Waals surface area contributed by atoms with Crippen LogP contribution in [-0.4, -0.2) is 22.3 Å². The van der Waals surface area contributed by atoms with Crippen molar-refractivity contribution < 1.29 is 14.4 Å². The van der Waals surface area contributed by atoms with Crippen LogP contribution in [0.15, 0.2) is 78.9 Å². The van der Waals surface area contributed by atoms with E-state index in [1.807, 2.05) is 36.4 Å². The Morgan fingerprint density at radius 1 is 0.781 bits per heavy atom. The molecule has 0 saturated heterocycles. The van der Waals surface area contributed by atoms with Gasteiger partial charge in [-0.05, 0) is 53.4 Å². The lowest BCUT2D eigenvalue weighted by molar-refractivity contribution is -0.110. The summed E-state index contributed by atoms with van der Waals surface area (Å²) in [6, 6.07) is 24.2. The Balaban J connectivity index is 0.000000136. The van der Waals surface area contributed by atoms with Crippen molar-refractivity contribution in [3.8, 4) is 0 Å². The monoisotopic (exact) mass is 435 g/mol. The third-order valence-electron chi connectivity index (χ3n) is 5.56. The van der Waals surface area contributed by atoms with Gasteiger partial charge in [0.1, 0.15) is 0 Å². The Morgan fingerprint density at radius 3 is 2.34 bits per heavy atom. The molecular weight excluding hydrogens is 417 g/mol. The number of nitrogens with one attached hydrogen (secondary N) is 1. The lowest BCUT2D eigenvalue weighted by Gasteiger charge is -2.04. The zero-order valence-corrected chi connectivity index (χ0v) is 18.1. The van der Waals surface area contributed by atoms with Gasteiger partial charge in [-0.3, -0.25) is 14.4 Å². The normalized spacial score (nSPS) is 12.9. The quantitative estimate of drug-likeness (QED) is 0.180. The van der Waals surface area contributed by atoms with E-state index in [0.717, 1.165) is 30.0 Å². The van der Waals surface area contributed by atoms with Crippen molar-refractivity contribution in [3.63, 3.8) is 0 Å². The summed E-state index contributed by atoms with van der Waals surface area (Å²) < 4.78 is 0. The van der Waals surface area contributed by atoms with E-state index in [-0.39, 0.29) is 5.78 Å². The number of hydrogen-bond donors (Lipinski definition) is 1. The Morgan fingerprint density at radius 2 is 1.53 bits per heavy atom. The summed E-state index contributed by atoms with van der Waals surface area (Å²) in [7, 11) is 1.02. The molecule has 2 aromatic heterocycles. The number of aromatic nitrogens is 1. The standard InChI is InChI=1S/C15H11OP.C12H7NO2/c1-10(16)14-9-7-13-12-5-3-2-4-11(12)6-8-15(13)17-14;14-10-6-5-8-7-3-1-2-4-9(7)13-11(8)12(10)15/h2-9H,1H3;1-6,13H.